The van der Waals surface area contributed by atoms with E-state index in [9.17, 15) is 4.79 Å². The zero-order valence-corrected chi connectivity index (χ0v) is 20.9. The Hall–Kier alpha value is -2.80. The van der Waals surface area contributed by atoms with Crippen molar-refractivity contribution in [2.45, 2.75) is 57.2 Å². The van der Waals surface area contributed by atoms with Crippen molar-refractivity contribution in [3.05, 3.63) is 53.1 Å². The molecule has 1 saturated carbocycles. The molecule has 3 aliphatic rings. The van der Waals surface area contributed by atoms with E-state index in [0.29, 0.717) is 23.3 Å². The number of aryl methyl sites for hydroxylation is 1. The lowest BCUT2D eigenvalue weighted by Gasteiger charge is -2.33. The van der Waals surface area contributed by atoms with Crippen LogP contribution in [-0.4, -0.2) is 42.1 Å². The van der Waals surface area contributed by atoms with Crippen molar-refractivity contribution in [1.82, 2.24) is 4.90 Å². The number of ether oxygens (including phenoxy) is 2. The molecule has 178 valence electrons. The number of amidine groups is 2. The number of carbonyl (C=O) groups excluding carboxylic acids is 1. The summed E-state index contributed by atoms with van der Waals surface area (Å²) in [4.78, 5) is 24.9. The molecule has 0 spiro atoms. The largest absolute Gasteiger partial charge is 0.493 e. The summed E-state index contributed by atoms with van der Waals surface area (Å²) >= 11 is 1.67. The van der Waals surface area contributed by atoms with Crippen LogP contribution in [0.15, 0.2) is 46.4 Å². The maximum Gasteiger partial charge on any atom is 0.270 e. The fraction of sp³-hybridized carbons (Fsp3) is 0.444. The molecule has 6 nitrogen and oxygen atoms in total. The Labute approximate surface area is 205 Å². The minimum Gasteiger partial charge on any atom is -0.493 e. The maximum absolute atomic E-state index is 13.2. The van der Waals surface area contributed by atoms with Crippen LogP contribution >= 0.6 is 11.8 Å². The van der Waals surface area contributed by atoms with Crippen molar-refractivity contribution in [3.8, 4) is 11.5 Å². The molecule has 0 bridgehead atoms. The van der Waals surface area contributed by atoms with Crippen LogP contribution in [0.4, 0.5) is 5.69 Å². The number of carbonyl (C=O) groups is 1. The van der Waals surface area contributed by atoms with E-state index >= 15 is 0 Å². The van der Waals surface area contributed by atoms with Crippen molar-refractivity contribution < 1.29 is 14.3 Å². The molecule has 2 aromatic rings. The number of fused-ring (bicyclic) bond motifs is 3. The van der Waals surface area contributed by atoms with E-state index in [1.165, 1.54) is 43.2 Å². The highest BCUT2D eigenvalue weighted by atomic mass is 32.2. The van der Waals surface area contributed by atoms with Crippen LogP contribution in [0.1, 0.15) is 55.2 Å². The number of benzene rings is 2. The van der Waals surface area contributed by atoms with E-state index in [1.54, 1.807) is 26.0 Å². The van der Waals surface area contributed by atoms with Gasteiger partial charge in [-0.1, -0.05) is 68.1 Å². The van der Waals surface area contributed by atoms with Gasteiger partial charge in [0.15, 0.2) is 16.7 Å². The van der Waals surface area contributed by atoms with E-state index in [0.717, 1.165) is 28.6 Å². The molecule has 1 fully saturated rings. The number of amides is 1. The number of methoxy groups -OCH3 is 2. The Kier molecular flexibility index (Phi) is 6.63. The lowest BCUT2D eigenvalue weighted by atomic mass is 9.84. The van der Waals surface area contributed by atoms with E-state index in [2.05, 4.69) is 41.1 Å². The predicted octanol–water partition coefficient (Wildman–Crippen LogP) is 5.87. The lowest BCUT2D eigenvalue weighted by Crippen LogP contribution is -2.44. The molecule has 34 heavy (non-hydrogen) atoms. The van der Waals surface area contributed by atoms with Crippen molar-refractivity contribution in [1.29, 1.82) is 0 Å². The highest BCUT2D eigenvalue weighted by Crippen LogP contribution is 2.42. The highest BCUT2D eigenvalue weighted by molar-refractivity contribution is 8.13. The fourth-order valence-electron chi connectivity index (χ4n) is 5.16. The lowest BCUT2D eigenvalue weighted by molar-refractivity contribution is -0.120. The van der Waals surface area contributed by atoms with Gasteiger partial charge in [0.05, 0.1) is 19.9 Å². The normalized spacial score (nSPS) is 19.9. The van der Waals surface area contributed by atoms with Crippen LogP contribution in [0.3, 0.4) is 0 Å². The monoisotopic (exact) mass is 477 g/mol. The topological polar surface area (TPSA) is 63.5 Å². The first-order valence-electron chi connectivity index (χ1n) is 12.0. The number of rotatable bonds is 6. The summed E-state index contributed by atoms with van der Waals surface area (Å²) in [6.07, 6.45) is 7.02. The molecule has 0 radical (unpaired) electrons. The minimum absolute atomic E-state index is 0.0626. The Morgan fingerprint density at radius 2 is 1.76 bits per heavy atom. The first-order chi connectivity index (χ1) is 16.6. The van der Waals surface area contributed by atoms with Crippen molar-refractivity contribution in [3.63, 3.8) is 0 Å². The standard InChI is InChI=1S/C27H31N3O3S/c1-17-9-7-8-12-19(17)16-34-27-28-21-15-24(33-3)23(32-2)14-20(21)25-29-26(31)22(30(25)27)13-18-10-5-4-6-11-18/h7-9,12,14-15,18,22H,4-6,10-11,13,16H2,1-3H3. The molecule has 1 amide bonds. The van der Waals surface area contributed by atoms with Gasteiger partial charge in [-0.2, -0.15) is 4.99 Å². The first-order valence-corrected chi connectivity index (χ1v) is 13.0. The molecule has 0 saturated heterocycles. The number of aliphatic imine (C=N–C) groups is 2. The van der Waals surface area contributed by atoms with Crippen molar-refractivity contribution in [2.24, 2.45) is 15.9 Å². The van der Waals surface area contributed by atoms with E-state index in [1.807, 2.05) is 12.1 Å². The second-order valence-electron chi connectivity index (χ2n) is 9.23. The van der Waals surface area contributed by atoms with Crippen molar-refractivity contribution >= 4 is 34.4 Å². The van der Waals surface area contributed by atoms with Gasteiger partial charge in [-0.3, -0.25) is 9.69 Å². The Bertz CT molecular complexity index is 1150. The molecule has 1 unspecified atom stereocenters. The predicted molar refractivity (Wildman–Crippen MR) is 137 cm³/mol. The molecular weight excluding hydrogens is 446 g/mol. The quantitative estimate of drug-likeness (QED) is 0.520. The average molecular weight is 478 g/mol. The van der Waals surface area contributed by atoms with Gasteiger partial charge in [-0.05, 0) is 36.5 Å². The molecular formula is C27H31N3O3S. The molecule has 5 rings (SSSR count). The SMILES string of the molecule is COc1cc2c(cc1OC)C1=NC(=O)C(CC3CCCCC3)N1C(SCc1ccccc1C)=N2. The summed E-state index contributed by atoms with van der Waals surface area (Å²) in [6.45, 7) is 2.13. The third kappa shape index (κ3) is 4.33. The summed E-state index contributed by atoms with van der Waals surface area (Å²) in [5.41, 5.74) is 4.09. The highest BCUT2D eigenvalue weighted by Gasteiger charge is 2.43. The molecule has 7 heteroatoms. The molecule has 0 aromatic heterocycles. The minimum atomic E-state index is -0.289. The maximum atomic E-state index is 13.2. The van der Waals surface area contributed by atoms with Gasteiger partial charge in [0.25, 0.3) is 5.91 Å². The third-order valence-corrected chi connectivity index (χ3v) is 8.11. The number of hydrogen-bond donors (Lipinski definition) is 0. The zero-order valence-electron chi connectivity index (χ0n) is 20.0. The molecule has 2 heterocycles. The second-order valence-corrected chi connectivity index (χ2v) is 10.2. The average Bonchev–Trinajstić information content (AvgIpc) is 3.19. The molecule has 0 N–H and O–H groups in total. The molecule has 1 aliphatic carbocycles. The summed E-state index contributed by atoms with van der Waals surface area (Å²) in [5.74, 6) is 3.19. The second kappa shape index (κ2) is 9.82. The van der Waals surface area contributed by atoms with Crippen LogP contribution in [0.2, 0.25) is 0 Å². The van der Waals surface area contributed by atoms with E-state index < -0.39 is 0 Å². The summed E-state index contributed by atoms with van der Waals surface area (Å²) in [5, 5.41) is 0.827. The number of hydrogen-bond acceptors (Lipinski definition) is 6. The molecule has 1 atom stereocenters. The van der Waals surface area contributed by atoms with Crippen LogP contribution in [0, 0.1) is 12.8 Å². The van der Waals surface area contributed by atoms with Crippen LogP contribution in [-0.2, 0) is 10.5 Å². The van der Waals surface area contributed by atoms with Gasteiger partial charge in [0, 0.05) is 17.4 Å². The van der Waals surface area contributed by atoms with E-state index in [4.69, 9.17) is 14.5 Å². The molecule has 2 aliphatic heterocycles. The van der Waals surface area contributed by atoms with Crippen LogP contribution in [0.25, 0.3) is 0 Å². The summed E-state index contributed by atoms with van der Waals surface area (Å²) < 4.78 is 11.0. The Morgan fingerprint density at radius 1 is 1.03 bits per heavy atom. The smallest absolute Gasteiger partial charge is 0.270 e. The number of thioether (sulfide) groups is 1. The zero-order chi connectivity index (χ0) is 23.7. The van der Waals surface area contributed by atoms with Gasteiger partial charge in [0.2, 0.25) is 0 Å². The van der Waals surface area contributed by atoms with Crippen molar-refractivity contribution in [2.75, 3.05) is 14.2 Å². The van der Waals surface area contributed by atoms with Gasteiger partial charge < -0.3 is 9.47 Å². The summed E-state index contributed by atoms with van der Waals surface area (Å²) in [7, 11) is 3.23. The first kappa shape index (κ1) is 23.0. The fourth-order valence-corrected chi connectivity index (χ4v) is 6.29. The van der Waals surface area contributed by atoms with Crippen LogP contribution < -0.4 is 9.47 Å². The summed E-state index contributed by atoms with van der Waals surface area (Å²) in [6, 6.07) is 11.9. The van der Waals surface area contributed by atoms with E-state index in [-0.39, 0.29) is 11.9 Å². The van der Waals surface area contributed by atoms with Gasteiger partial charge in [-0.25, -0.2) is 4.99 Å². The molecule has 2 aromatic carbocycles. The number of nitrogens with zero attached hydrogens (tertiary/aromatic N) is 3. The van der Waals surface area contributed by atoms with Crippen LogP contribution in [0.5, 0.6) is 11.5 Å². The van der Waals surface area contributed by atoms with Gasteiger partial charge >= 0.3 is 0 Å². The Morgan fingerprint density at radius 3 is 2.50 bits per heavy atom. The Balaban J connectivity index is 1.52. The third-order valence-electron chi connectivity index (χ3n) is 7.11. The van der Waals surface area contributed by atoms with Gasteiger partial charge in [0.1, 0.15) is 11.9 Å². The van der Waals surface area contributed by atoms with Gasteiger partial charge in [-0.15, -0.1) is 0 Å².